The minimum atomic E-state index is 0.534. The van der Waals surface area contributed by atoms with Gasteiger partial charge in [0.25, 0.3) is 0 Å². The molecule has 0 heterocycles. The van der Waals surface area contributed by atoms with E-state index in [0.29, 0.717) is 6.10 Å². The van der Waals surface area contributed by atoms with Gasteiger partial charge < -0.3 is 10.1 Å². The van der Waals surface area contributed by atoms with Gasteiger partial charge in [-0.2, -0.15) is 0 Å². The normalized spacial score (nSPS) is 20.2. The number of benzene rings is 1. The van der Waals surface area contributed by atoms with Gasteiger partial charge in [-0.15, -0.1) is 0 Å². The van der Waals surface area contributed by atoms with E-state index in [1.807, 2.05) is 0 Å². The highest BCUT2D eigenvalue weighted by Gasteiger charge is 2.20. The van der Waals surface area contributed by atoms with Crippen LogP contribution in [0.5, 0.6) is 0 Å². The second kappa shape index (κ2) is 5.19. The summed E-state index contributed by atoms with van der Waals surface area (Å²) in [5.41, 5.74) is 2.68. The summed E-state index contributed by atoms with van der Waals surface area (Å²) in [5.74, 6) is 0. The van der Waals surface area contributed by atoms with Gasteiger partial charge >= 0.3 is 0 Å². The molecule has 0 spiro atoms. The topological polar surface area (TPSA) is 21.3 Å². The molecule has 92 valence electrons. The van der Waals surface area contributed by atoms with Crippen LogP contribution < -0.4 is 5.32 Å². The maximum Gasteiger partial charge on any atom is 0.0720 e. The maximum atomic E-state index is 5.80. The summed E-state index contributed by atoms with van der Waals surface area (Å²) in [6.07, 6.45) is 7.09. The molecule has 2 aliphatic carbocycles. The molecular weight excluding hydrogens is 210 g/mol. The Balaban J connectivity index is 1.44. The summed E-state index contributed by atoms with van der Waals surface area (Å²) in [7, 11) is 0. The predicted molar refractivity (Wildman–Crippen MR) is 68.7 cm³/mol. The van der Waals surface area contributed by atoms with Crippen molar-refractivity contribution in [3.8, 4) is 0 Å². The summed E-state index contributed by atoms with van der Waals surface area (Å²) in [6.45, 7) is 1.79. The Morgan fingerprint density at radius 2 is 1.71 bits per heavy atom. The van der Waals surface area contributed by atoms with E-state index < -0.39 is 0 Å². The molecule has 0 radical (unpaired) electrons. The number of hydrogen-bond acceptors (Lipinski definition) is 2. The standard InChI is InChI=1S/C15H21NO/c1-2-15(3-1)17-11-13-6-4-12(5-7-13)10-16-14-8-9-14/h4-7,14-16H,1-3,8-11H2. The Labute approximate surface area is 103 Å². The van der Waals surface area contributed by atoms with Gasteiger partial charge in [-0.25, -0.2) is 0 Å². The van der Waals surface area contributed by atoms with Crippen LogP contribution in [-0.4, -0.2) is 12.1 Å². The molecule has 0 aliphatic heterocycles. The first kappa shape index (κ1) is 11.2. The number of hydrogen-bond donors (Lipinski definition) is 1. The molecule has 1 aromatic carbocycles. The summed E-state index contributed by atoms with van der Waals surface area (Å²) in [4.78, 5) is 0. The van der Waals surface area contributed by atoms with Crippen molar-refractivity contribution in [1.82, 2.24) is 5.32 Å². The summed E-state index contributed by atoms with van der Waals surface area (Å²) in [5, 5.41) is 3.53. The summed E-state index contributed by atoms with van der Waals surface area (Å²) < 4.78 is 5.80. The molecule has 2 aliphatic rings. The first-order valence-electron chi connectivity index (χ1n) is 6.83. The SMILES string of the molecule is c1cc(COC2CCC2)ccc1CNC1CC1. The smallest absolute Gasteiger partial charge is 0.0720 e. The Morgan fingerprint density at radius 3 is 2.29 bits per heavy atom. The zero-order chi connectivity index (χ0) is 11.5. The van der Waals surface area contributed by atoms with Gasteiger partial charge in [0.05, 0.1) is 12.7 Å². The Bertz CT molecular complexity index is 352. The largest absolute Gasteiger partial charge is 0.374 e. The van der Waals surface area contributed by atoms with E-state index in [1.54, 1.807) is 0 Å². The van der Waals surface area contributed by atoms with E-state index in [0.717, 1.165) is 19.2 Å². The van der Waals surface area contributed by atoms with Crippen molar-refractivity contribution in [2.24, 2.45) is 0 Å². The molecule has 0 bridgehead atoms. The lowest BCUT2D eigenvalue weighted by Gasteiger charge is -2.25. The van der Waals surface area contributed by atoms with Gasteiger partial charge in [0.1, 0.15) is 0 Å². The second-order valence-corrected chi connectivity index (χ2v) is 5.34. The minimum absolute atomic E-state index is 0.534. The summed E-state index contributed by atoms with van der Waals surface area (Å²) in [6, 6.07) is 9.62. The van der Waals surface area contributed by atoms with Crippen molar-refractivity contribution in [2.75, 3.05) is 0 Å². The van der Waals surface area contributed by atoms with Crippen LogP contribution in [0.4, 0.5) is 0 Å². The molecule has 3 rings (SSSR count). The van der Waals surface area contributed by atoms with Crippen molar-refractivity contribution in [2.45, 2.75) is 57.4 Å². The highest BCUT2D eigenvalue weighted by Crippen LogP contribution is 2.23. The zero-order valence-corrected chi connectivity index (χ0v) is 10.3. The quantitative estimate of drug-likeness (QED) is 0.812. The molecule has 1 N–H and O–H groups in total. The average Bonchev–Trinajstić information content (AvgIpc) is 3.10. The van der Waals surface area contributed by atoms with Gasteiger partial charge in [0, 0.05) is 12.6 Å². The average molecular weight is 231 g/mol. The van der Waals surface area contributed by atoms with Crippen LogP contribution in [0.1, 0.15) is 43.2 Å². The summed E-state index contributed by atoms with van der Waals surface area (Å²) >= 11 is 0. The molecule has 0 aromatic heterocycles. The zero-order valence-electron chi connectivity index (χ0n) is 10.3. The molecule has 2 nitrogen and oxygen atoms in total. The maximum absolute atomic E-state index is 5.80. The molecule has 0 saturated heterocycles. The molecular formula is C15H21NO. The second-order valence-electron chi connectivity index (χ2n) is 5.34. The van der Waals surface area contributed by atoms with Crippen LogP contribution in [-0.2, 0) is 17.9 Å². The van der Waals surface area contributed by atoms with E-state index in [1.165, 1.54) is 43.2 Å². The van der Waals surface area contributed by atoms with Crippen LogP contribution in [0.25, 0.3) is 0 Å². The van der Waals surface area contributed by atoms with E-state index in [2.05, 4.69) is 29.6 Å². The van der Waals surface area contributed by atoms with Crippen molar-refractivity contribution in [3.63, 3.8) is 0 Å². The van der Waals surface area contributed by atoms with Gasteiger partial charge in [-0.05, 0) is 43.2 Å². The van der Waals surface area contributed by atoms with Crippen LogP contribution in [0.15, 0.2) is 24.3 Å². The van der Waals surface area contributed by atoms with E-state index >= 15 is 0 Å². The first-order valence-corrected chi connectivity index (χ1v) is 6.83. The van der Waals surface area contributed by atoms with Gasteiger partial charge in [0.2, 0.25) is 0 Å². The lowest BCUT2D eigenvalue weighted by molar-refractivity contribution is -0.00866. The molecule has 1 aromatic rings. The van der Waals surface area contributed by atoms with Crippen LogP contribution in [0.3, 0.4) is 0 Å². The monoisotopic (exact) mass is 231 g/mol. The van der Waals surface area contributed by atoms with Gasteiger partial charge in [-0.1, -0.05) is 24.3 Å². The van der Waals surface area contributed by atoms with E-state index in [9.17, 15) is 0 Å². The lowest BCUT2D eigenvalue weighted by Crippen LogP contribution is -2.21. The molecule has 2 fully saturated rings. The van der Waals surface area contributed by atoms with Gasteiger partial charge in [0.15, 0.2) is 0 Å². The van der Waals surface area contributed by atoms with Crippen LogP contribution in [0.2, 0.25) is 0 Å². The number of ether oxygens (including phenoxy) is 1. The van der Waals surface area contributed by atoms with Gasteiger partial charge in [-0.3, -0.25) is 0 Å². The predicted octanol–water partition coefficient (Wildman–Crippen LogP) is 3.01. The highest BCUT2D eigenvalue weighted by atomic mass is 16.5. The van der Waals surface area contributed by atoms with Crippen molar-refractivity contribution in [1.29, 1.82) is 0 Å². The van der Waals surface area contributed by atoms with Crippen molar-refractivity contribution in [3.05, 3.63) is 35.4 Å². The lowest BCUT2D eigenvalue weighted by atomic mass is 9.96. The van der Waals surface area contributed by atoms with Crippen LogP contribution >= 0.6 is 0 Å². The Morgan fingerprint density at radius 1 is 1.00 bits per heavy atom. The highest BCUT2D eigenvalue weighted by molar-refractivity contribution is 5.22. The molecule has 2 heteroatoms. The van der Waals surface area contributed by atoms with Crippen LogP contribution in [0, 0.1) is 0 Å². The Kier molecular flexibility index (Phi) is 3.44. The van der Waals surface area contributed by atoms with Crippen molar-refractivity contribution >= 4 is 0 Å². The molecule has 2 saturated carbocycles. The first-order chi connectivity index (χ1) is 8.40. The number of nitrogens with one attached hydrogen (secondary N) is 1. The molecule has 0 unspecified atom stereocenters. The fourth-order valence-corrected chi connectivity index (χ4v) is 2.05. The fraction of sp³-hybridized carbons (Fsp3) is 0.600. The fourth-order valence-electron chi connectivity index (χ4n) is 2.05. The minimum Gasteiger partial charge on any atom is -0.374 e. The molecule has 0 atom stereocenters. The third-order valence-corrected chi connectivity index (χ3v) is 3.73. The Hall–Kier alpha value is -0.860. The van der Waals surface area contributed by atoms with E-state index in [4.69, 9.17) is 4.74 Å². The third-order valence-electron chi connectivity index (χ3n) is 3.73. The molecule has 17 heavy (non-hydrogen) atoms. The third kappa shape index (κ3) is 3.30. The van der Waals surface area contributed by atoms with E-state index in [-0.39, 0.29) is 0 Å². The molecule has 0 amide bonds. The number of rotatable bonds is 6. The van der Waals surface area contributed by atoms with Crippen molar-refractivity contribution < 1.29 is 4.74 Å².